The molecule has 2 aromatic rings. The van der Waals surface area contributed by atoms with Crippen LogP contribution in [0.1, 0.15) is 21.1 Å². The Labute approximate surface area is 89.1 Å². The minimum atomic E-state index is -1.22. The van der Waals surface area contributed by atoms with E-state index in [1.165, 1.54) is 24.5 Å². The van der Waals surface area contributed by atoms with E-state index in [-0.39, 0.29) is 11.5 Å². The first-order valence-corrected chi connectivity index (χ1v) is 4.30. The molecule has 1 amide bonds. The zero-order chi connectivity index (χ0) is 11.5. The highest BCUT2D eigenvalue weighted by Gasteiger charge is 2.14. The maximum absolute atomic E-state index is 11.5. The molecule has 0 bridgehead atoms. The number of hydrogen-bond donors (Lipinski definition) is 3. The van der Waals surface area contributed by atoms with Crippen LogP contribution in [0, 0.1) is 0 Å². The lowest BCUT2D eigenvalue weighted by atomic mass is 10.4. The Kier molecular flexibility index (Phi) is 2.42. The molecule has 7 heteroatoms. The van der Waals surface area contributed by atoms with Crippen molar-refractivity contribution in [2.24, 2.45) is 0 Å². The Hall–Kier alpha value is -2.57. The summed E-state index contributed by atoms with van der Waals surface area (Å²) in [6.07, 6.45) is 2.90. The number of carboxylic acids is 1. The molecule has 16 heavy (non-hydrogen) atoms. The molecular formula is C9H7N3O4. The molecule has 0 fully saturated rings. The molecular weight excluding hydrogens is 214 g/mol. The lowest BCUT2D eigenvalue weighted by Gasteiger charge is -1.97. The summed E-state index contributed by atoms with van der Waals surface area (Å²) in [5, 5.41) is 17.2. The molecule has 0 aliphatic carbocycles. The highest BCUT2D eigenvalue weighted by atomic mass is 16.4. The third kappa shape index (κ3) is 1.92. The number of aromatic nitrogens is 2. The van der Waals surface area contributed by atoms with Crippen molar-refractivity contribution in [3.05, 3.63) is 36.0 Å². The van der Waals surface area contributed by atoms with E-state index in [1.807, 2.05) is 0 Å². The number of furan rings is 1. The van der Waals surface area contributed by atoms with Crippen LogP contribution in [0.2, 0.25) is 0 Å². The number of H-pyrrole nitrogens is 1. The van der Waals surface area contributed by atoms with E-state index in [0.29, 0.717) is 5.69 Å². The van der Waals surface area contributed by atoms with E-state index in [1.54, 1.807) is 0 Å². The van der Waals surface area contributed by atoms with Crippen molar-refractivity contribution in [2.45, 2.75) is 0 Å². The summed E-state index contributed by atoms with van der Waals surface area (Å²) in [4.78, 5) is 22.0. The predicted octanol–water partition coefficient (Wildman–Crippen LogP) is 0.953. The maximum Gasteiger partial charge on any atom is 0.371 e. The van der Waals surface area contributed by atoms with Crippen LogP contribution < -0.4 is 5.32 Å². The largest absolute Gasteiger partial charge is 0.475 e. The lowest BCUT2D eigenvalue weighted by Crippen LogP contribution is -2.10. The molecule has 0 saturated heterocycles. The van der Waals surface area contributed by atoms with Crippen LogP contribution in [0.3, 0.4) is 0 Å². The Morgan fingerprint density at radius 3 is 2.69 bits per heavy atom. The summed E-state index contributed by atoms with van der Waals surface area (Å²) in [6, 6.07) is 2.51. The fourth-order valence-corrected chi connectivity index (χ4v) is 1.09. The van der Waals surface area contributed by atoms with Gasteiger partial charge in [-0.2, -0.15) is 5.10 Å². The van der Waals surface area contributed by atoms with Crippen molar-refractivity contribution in [1.29, 1.82) is 0 Å². The van der Waals surface area contributed by atoms with Gasteiger partial charge in [0.25, 0.3) is 5.91 Å². The molecule has 2 heterocycles. The average molecular weight is 221 g/mol. The Balaban J connectivity index is 2.12. The van der Waals surface area contributed by atoms with Gasteiger partial charge in [0.1, 0.15) is 0 Å². The molecule has 0 unspecified atom stereocenters. The number of aromatic amines is 1. The fourth-order valence-electron chi connectivity index (χ4n) is 1.09. The van der Waals surface area contributed by atoms with Gasteiger partial charge in [0, 0.05) is 6.20 Å². The number of aromatic carboxylic acids is 1. The summed E-state index contributed by atoms with van der Waals surface area (Å²) in [6.45, 7) is 0. The summed E-state index contributed by atoms with van der Waals surface area (Å²) in [7, 11) is 0. The van der Waals surface area contributed by atoms with Gasteiger partial charge >= 0.3 is 5.97 Å². The standard InChI is InChI=1S/C9H7N3O4/c13-8(12-5-3-10-11-4-5)6-1-2-7(16-6)9(14)15/h1-4H,(H,10,11)(H,12,13)(H,14,15). The molecule has 0 aliphatic heterocycles. The second-order valence-corrected chi connectivity index (χ2v) is 2.91. The second-order valence-electron chi connectivity index (χ2n) is 2.91. The number of nitrogens with zero attached hydrogens (tertiary/aromatic N) is 1. The monoisotopic (exact) mass is 221 g/mol. The van der Waals surface area contributed by atoms with E-state index in [2.05, 4.69) is 15.5 Å². The zero-order valence-electron chi connectivity index (χ0n) is 7.93. The molecule has 3 N–H and O–H groups in total. The molecule has 7 nitrogen and oxygen atoms in total. The molecule has 0 spiro atoms. The number of carbonyl (C=O) groups excluding carboxylic acids is 1. The third-order valence-electron chi connectivity index (χ3n) is 1.80. The van der Waals surface area contributed by atoms with E-state index >= 15 is 0 Å². The van der Waals surface area contributed by atoms with Crippen LogP contribution in [-0.2, 0) is 0 Å². The topological polar surface area (TPSA) is 108 Å². The Morgan fingerprint density at radius 1 is 1.38 bits per heavy atom. The summed E-state index contributed by atoms with van der Waals surface area (Å²) >= 11 is 0. The number of carboxylic acid groups (broad SMARTS) is 1. The third-order valence-corrected chi connectivity index (χ3v) is 1.80. The SMILES string of the molecule is O=C(O)c1ccc(C(=O)Nc2cn[nH]c2)o1. The normalized spacial score (nSPS) is 10.0. The van der Waals surface area contributed by atoms with Crippen molar-refractivity contribution in [2.75, 3.05) is 5.32 Å². The Bertz CT molecular complexity index is 515. The van der Waals surface area contributed by atoms with E-state index in [9.17, 15) is 9.59 Å². The van der Waals surface area contributed by atoms with E-state index in [4.69, 9.17) is 9.52 Å². The van der Waals surface area contributed by atoms with Gasteiger partial charge in [-0.1, -0.05) is 0 Å². The number of rotatable bonds is 3. The van der Waals surface area contributed by atoms with Gasteiger partial charge in [0.15, 0.2) is 5.76 Å². The van der Waals surface area contributed by atoms with Crippen LogP contribution in [0.5, 0.6) is 0 Å². The van der Waals surface area contributed by atoms with Crippen molar-refractivity contribution in [3.63, 3.8) is 0 Å². The lowest BCUT2D eigenvalue weighted by molar-refractivity contribution is 0.0660. The van der Waals surface area contributed by atoms with E-state index < -0.39 is 11.9 Å². The van der Waals surface area contributed by atoms with Gasteiger partial charge in [-0.15, -0.1) is 0 Å². The fraction of sp³-hybridized carbons (Fsp3) is 0. The molecule has 82 valence electrons. The van der Waals surface area contributed by atoms with Gasteiger partial charge in [-0.25, -0.2) is 4.79 Å². The van der Waals surface area contributed by atoms with Gasteiger partial charge < -0.3 is 14.8 Å². The van der Waals surface area contributed by atoms with Crippen molar-refractivity contribution < 1.29 is 19.1 Å². The van der Waals surface area contributed by atoms with Crippen LogP contribution in [-0.4, -0.2) is 27.2 Å². The molecule has 0 aliphatic rings. The number of carbonyl (C=O) groups is 2. The average Bonchev–Trinajstić information content (AvgIpc) is 2.86. The smallest absolute Gasteiger partial charge is 0.371 e. The van der Waals surface area contributed by atoms with Gasteiger partial charge in [0.2, 0.25) is 5.76 Å². The van der Waals surface area contributed by atoms with Gasteiger partial charge in [-0.3, -0.25) is 9.89 Å². The minimum absolute atomic E-state index is 0.0707. The quantitative estimate of drug-likeness (QED) is 0.715. The predicted molar refractivity (Wildman–Crippen MR) is 52.2 cm³/mol. The summed E-state index contributed by atoms with van der Waals surface area (Å²) in [5.74, 6) is -2.10. The summed E-state index contributed by atoms with van der Waals surface area (Å²) in [5.41, 5.74) is 0.471. The van der Waals surface area contributed by atoms with Crippen molar-refractivity contribution in [3.8, 4) is 0 Å². The second kappa shape index (κ2) is 3.89. The molecule has 2 aromatic heterocycles. The van der Waals surface area contributed by atoms with Crippen molar-refractivity contribution >= 4 is 17.6 Å². The van der Waals surface area contributed by atoms with Crippen LogP contribution in [0.25, 0.3) is 0 Å². The Morgan fingerprint density at radius 2 is 2.12 bits per heavy atom. The first-order chi connectivity index (χ1) is 7.66. The number of nitrogens with one attached hydrogen (secondary N) is 2. The van der Waals surface area contributed by atoms with Crippen molar-refractivity contribution in [1.82, 2.24) is 10.2 Å². The first-order valence-electron chi connectivity index (χ1n) is 4.30. The molecule has 0 atom stereocenters. The van der Waals surface area contributed by atoms with Crippen LogP contribution in [0.15, 0.2) is 28.9 Å². The molecule has 0 saturated carbocycles. The van der Waals surface area contributed by atoms with Gasteiger partial charge in [-0.05, 0) is 12.1 Å². The van der Waals surface area contributed by atoms with Crippen LogP contribution in [0.4, 0.5) is 5.69 Å². The van der Waals surface area contributed by atoms with Gasteiger partial charge in [0.05, 0.1) is 11.9 Å². The van der Waals surface area contributed by atoms with E-state index in [0.717, 1.165) is 0 Å². The first kappa shape index (κ1) is 9.97. The highest BCUT2D eigenvalue weighted by Crippen LogP contribution is 2.10. The zero-order valence-corrected chi connectivity index (χ0v) is 7.93. The number of amides is 1. The highest BCUT2D eigenvalue weighted by molar-refractivity contribution is 6.02. The minimum Gasteiger partial charge on any atom is -0.475 e. The number of hydrogen-bond acceptors (Lipinski definition) is 4. The van der Waals surface area contributed by atoms with Crippen LogP contribution >= 0.6 is 0 Å². The molecule has 2 rings (SSSR count). The number of anilines is 1. The summed E-state index contributed by atoms with van der Waals surface area (Å²) < 4.78 is 4.81. The molecule has 0 aromatic carbocycles. The maximum atomic E-state index is 11.5. The molecule has 0 radical (unpaired) electrons.